The third kappa shape index (κ3) is 2.09. The molecule has 0 unspecified atom stereocenters. The van der Waals surface area contributed by atoms with E-state index in [1.165, 1.54) is 0 Å². The number of hydrogen-bond donors (Lipinski definition) is 0. The Labute approximate surface area is 128 Å². The van der Waals surface area contributed by atoms with Crippen molar-refractivity contribution in [2.45, 2.75) is 26.6 Å². The predicted molar refractivity (Wildman–Crippen MR) is 78.9 cm³/mol. The van der Waals surface area contributed by atoms with E-state index in [1.807, 2.05) is 13.0 Å². The van der Waals surface area contributed by atoms with Crippen LogP contribution in [0, 0.1) is 0 Å². The Morgan fingerprint density at radius 2 is 1.91 bits per heavy atom. The molecule has 0 fully saturated rings. The van der Waals surface area contributed by atoms with Crippen LogP contribution < -0.4 is 14.2 Å². The van der Waals surface area contributed by atoms with Crippen molar-refractivity contribution in [1.82, 2.24) is 15.0 Å². The Kier molecular flexibility index (Phi) is 3.89. The normalized spacial score (nSPS) is 13.1. The molecule has 7 nitrogen and oxygen atoms in total. The summed E-state index contributed by atoms with van der Waals surface area (Å²) in [6.07, 6.45) is 0.795. The third-order valence-electron chi connectivity index (χ3n) is 3.77. The molecule has 22 heavy (non-hydrogen) atoms. The first-order chi connectivity index (χ1) is 10.7. The first kappa shape index (κ1) is 14.6. The number of rotatable bonds is 4. The number of aryl methyl sites for hydroxylation is 1. The zero-order chi connectivity index (χ0) is 15.7. The molecule has 1 aromatic carbocycles. The van der Waals surface area contributed by atoms with Gasteiger partial charge in [0.2, 0.25) is 5.75 Å². The minimum Gasteiger partial charge on any atom is -0.493 e. The Balaban J connectivity index is 2.32. The summed E-state index contributed by atoms with van der Waals surface area (Å²) in [5, 5.41) is 8.51. The molecule has 2 heterocycles. The maximum Gasteiger partial charge on any atom is 0.205 e. The van der Waals surface area contributed by atoms with Crippen LogP contribution in [-0.2, 0) is 24.4 Å². The molecule has 0 spiro atoms. The number of ether oxygens (including phenoxy) is 4. The lowest BCUT2D eigenvalue weighted by molar-refractivity contribution is 0.107. The van der Waals surface area contributed by atoms with Gasteiger partial charge in [0.25, 0.3) is 0 Å². The van der Waals surface area contributed by atoms with Gasteiger partial charge >= 0.3 is 0 Å². The Morgan fingerprint density at radius 3 is 2.55 bits per heavy atom. The fourth-order valence-electron chi connectivity index (χ4n) is 2.72. The van der Waals surface area contributed by atoms with Gasteiger partial charge in [-0.25, -0.2) is 4.68 Å². The van der Waals surface area contributed by atoms with Gasteiger partial charge in [0, 0.05) is 5.56 Å². The van der Waals surface area contributed by atoms with Crippen molar-refractivity contribution < 1.29 is 18.9 Å². The number of aromatic nitrogens is 3. The number of fused-ring (bicyclic) bond motifs is 3. The van der Waals surface area contributed by atoms with E-state index in [-0.39, 0.29) is 0 Å². The molecule has 0 aliphatic carbocycles. The van der Waals surface area contributed by atoms with Gasteiger partial charge in [0.05, 0.1) is 45.9 Å². The average molecular weight is 305 g/mol. The Bertz CT molecular complexity index is 697. The van der Waals surface area contributed by atoms with Crippen molar-refractivity contribution in [3.63, 3.8) is 0 Å². The topological polar surface area (TPSA) is 67.6 Å². The second-order valence-corrected chi connectivity index (χ2v) is 4.89. The van der Waals surface area contributed by atoms with Gasteiger partial charge in [-0.15, -0.1) is 5.10 Å². The molecule has 0 bridgehead atoms. The zero-order valence-corrected chi connectivity index (χ0v) is 13.2. The number of hydrogen-bond acceptors (Lipinski definition) is 6. The Morgan fingerprint density at radius 1 is 1.14 bits per heavy atom. The summed E-state index contributed by atoms with van der Waals surface area (Å²) in [5.41, 5.74) is 3.57. The van der Waals surface area contributed by atoms with E-state index in [0.717, 1.165) is 29.1 Å². The fraction of sp³-hybridized carbons (Fsp3) is 0.467. The number of methoxy groups -OCH3 is 3. The van der Waals surface area contributed by atoms with Gasteiger partial charge in [-0.2, -0.15) is 0 Å². The molecule has 1 aliphatic rings. The summed E-state index contributed by atoms with van der Waals surface area (Å²) in [7, 11) is 4.78. The van der Waals surface area contributed by atoms with Gasteiger partial charge in [-0.3, -0.25) is 0 Å². The zero-order valence-electron chi connectivity index (χ0n) is 13.2. The van der Waals surface area contributed by atoms with Crippen molar-refractivity contribution in [3.05, 3.63) is 23.0 Å². The molecule has 118 valence electrons. The molecule has 1 aromatic heterocycles. The van der Waals surface area contributed by atoms with E-state index in [0.29, 0.717) is 30.5 Å². The van der Waals surface area contributed by atoms with Gasteiger partial charge in [-0.1, -0.05) is 12.1 Å². The minimum absolute atomic E-state index is 0.443. The highest BCUT2D eigenvalue weighted by atomic mass is 16.5. The first-order valence-electron chi connectivity index (χ1n) is 7.08. The van der Waals surface area contributed by atoms with Crippen LogP contribution in [0.4, 0.5) is 0 Å². The molecule has 3 rings (SSSR count). The van der Waals surface area contributed by atoms with E-state index in [2.05, 4.69) is 10.3 Å². The smallest absolute Gasteiger partial charge is 0.205 e. The number of nitrogens with zero attached hydrogens (tertiary/aromatic N) is 3. The molecular formula is C15H19N3O4. The second kappa shape index (κ2) is 5.84. The molecular weight excluding hydrogens is 286 g/mol. The van der Waals surface area contributed by atoms with Gasteiger partial charge in [0.15, 0.2) is 11.5 Å². The lowest BCUT2D eigenvalue weighted by Gasteiger charge is -2.18. The third-order valence-corrected chi connectivity index (χ3v) is 3.77. The van der Waals surface area contributed by atoms with Crippen molar-refractivity contribution in [2.75, 3.05) is 21.3 Å². The van der Waals surface area contributed by atoms with Crippen LogP contribution in [0.1, 0.15) is 23.9 Å². The lowest BCUT2D eigenvalue weighted by Crippen LogP contribution is -2.07. The predicted octanol–water partition coefficient (Wildman–Crippen LogP) is 1.89. The largest absolute Gasteiger partial charge is 0.493 e. The molecule has 0 amide bonds. The first-order valence-corrected chi connectivity index (χ1v) is 7.08. The maximum absolute atomic E-state index is 5.77. The van der Waals surface area contributed by atoms with E-state index < -0.39 is 0 Å². The van der Waals surface area contributed by atoms with Crippen LogP contribution in [-0.4, -0.2) is 36.3 Å². The standard InChI is InChI=1S/C15H19N3O4/c1-5-10-11-8-22-7-9-6-12(19-2)14(20-3)15(21-4)13(9)18(11)17-16-10/h6H,5,7-8H2,1-4H3. The van der Waals surface area contributed by atoms with E-state index in [4.69, 9.17) is 18.9 Å². The molecule has 1 aliphatic heterocycles. The van der Waals surface area contributed by atoms with Gasteiger partial charge < -0.3 is 18.9 Å². The summed E-state index contributed by atoms with van der Waals surface area (Å²) in [6.45, 7) is 2.94. The second-order valence-electron chi connectivity index (χ2n) is 4.89. The molecule has 0 radical (unpaired) electrons. The quantitative estimate of drug-likeness (QED) is 0.859. The fourth-order valence-corrected chi connectivity index (χ4v) is 2.72. The summed E-state index contributed by atoms with van der Waals surface area (Å²) in [5.74, 6) is 1.70. The van der Waals surface area contributed by atoms with Crippen molar-refractivity contribution >= 4 is 0 Å². The highest BCUT2D eigenvalue weighted by molar-refractivity contribution is 5.66. The molecule has 0 N–H and O–H groups in total. The maximum atomic E-state index is 5.77. The molecule has 0 saturated carbocycles. The molecule has 7 heteroatoms. The monoisotopic (exact) mass is 305 g/mol. The van der Waals surface area contributed by atoms with Gasteiger partial charge in [0.1, 0.15) is 5.69 Å². The molecule has 2 aromatic rings. The number of benzene rings is 1. The summed E-state index contributed by atoms with van der Waals surface area (Å²) < 4.78 is 24.0. The van der Waals surface area contributed by atoms with Gasteiger partial charge in [-0.05, 0) is 12.5 Å². The van der Waals surface area contributed by atoms with Crippen LogP contribution in [0.25, 0.3) is 5.69 Å². The highest BCUT2D eigenvalue weighted by Crippen LogP contribution is 2.45. The van der Waals surface area contributed by atoms with Crippen LogP contribution in [0.5, 0.6) is 17.2 Å². The van der Waals surface area contributed by atoms with E-state index in [1.54, 1.807) is 26.0 Å². The highest BCUT2D eigenvalue weighted by Gasteiger charge is 2.27. The lowest BCUT2D eigenvalue weighted by atomic mass is 10.1. The Hall–Kier alpha value is -2.28. The van der Waals surface area contributed by atoms with E-state index in [9.17, 15) is 0 Å². The summed E-state index contributed by atoms with van der Waals surface area (Å²) >= 11 is 0. The van der Waals surface area contributed by atoms with Crippen molar-refractivity contribution in [1.29, 1.82) is 0 Å². The summed E-state index contributed by atoms with van der Waals surface area (Å²) in [4.78, 5) is 0. The average Bonchev–Trinajstić information content (AvgIpc) is 2.86. The van der Waals surface area contributed by atoms with Crippen LogP contribution in [0.15, 0.2) is 6.07 Å². The van der Waals surface area contributed by atoms with Crippen LogP contribution >= 0.6 is 0 Å². The minimum atomic E-state index is 0.443. The van der Waals surface area contributed by atoms with Crippen molar-refractivity contribution in [2.24, 2.45) is 0 Å². The SMILES string of the molecule is CCc1nnn2c1COCc1cc(OC)c(OC)c(OC)c1-2. The van der Waals surface area contributed by atoms with Crippen LogP contribution in [0.2, 0.25) is 0 Å². The van der Waals surface area contributed by atoms with Crippen molar-refractivity contribution in [3.8, 4) is 22.9 Å². The molecule has 0 saturated heterocycles. The summed E-state index contributed by atoms with van der Waals surface area (Å²) in [6, 6.07) is 1.89. The molecule has 0 atom stereocenters. The van der Waals surface area contributed by atoms with Crippen LogP contribution in [0.3, 0.4) is 0 Å². The van der Waals surface area contributed by atoms with E-state index >= 15 is 0 Å².